The number of hydrogen-bond donors (Lipinski definition) is 2. The Labute approximate surface area is 161 Å². The standard InChI is InChI=1S/C19H22N6O3/c1-2-24-16(11-26)22-23-18(24)13-7-14(8-13)21-17(27)10-25-19(28)15-6-4-3-5-12(15)9-20-25/h3-6,9,13-14,26H,2,7-8,10-11H2,1H3,(H,21,27). The van der Waals surface area contributed by atoms with E-state index in [1.165, 1.54) is 4.68 Å². The number of benzene rings is 1. The molecule has 146 valence electrons. The average Bonchev–Trinajstić information content (AvgIpc) is 3.09. The summed E-state index contributed by atoms with van der Waals surface area (Å²) < 4.78 is 3.11. The highest BCUT2D eigenvalue weighted by atomic mass is 16.3. The van der Waals surface area contributed by atoms with Crippen LogP contribution in [0.5, 0.6) is 0 Å². The van der Waals surface area contributed by atoms with Gasteiger partial charge in [0, 0.05) is 23.9 Å². The normalized spacial score (nSPS) is 18.8. The molecule has 4 rings (SSSR count). The Kier molecular flexibility index (Phi) is 4.91. The van der Waals surface area contributed by atoms with Crippen LogP contribution in [0, 0.1) is 0 Å². The minimum absolute atomic E-state index is 0.0354. The molecule has 0 atom stereocenters. The number of nitrogens with zero attached hydrogens (tertiary/aromatic N) is 5. The highest BCUT2D eigenvalue weighted by molar-refractivity contribution is 5.81. The molecule has 1 fully saturated rings. The summed E-state index contributed by atoms with van der Waals surface area (Å²) in [6, 6.07) is 7.22. The summed E-state index contributed by atoms with van der Waals surface area (Å²) in [7, 11) is 0. The molecular weight excluding hydrogens is 360 g/mol. The Bertz CT molecular complexity index is 1070. The van der Waals surface area contributed by atoms with Gasteiger partial charge in [0.05, 0.1) is 11.6 Å². The molecule has 3 aromatic rings. The van der Waals surface area contributed by atoms with Crippen molar-refractivity contribution in [2.24, 2.45) is 0 Å². The molecule has 0 unspecified atom stereocenters. The Balaban J connectivity index is 1.37. The lowest BCUT2D eigenvalue weighted by Gasteiger charge is -2.35. The maximum absolute atomic E-state index is 12.5. The fourth-order valence-corrected chi connectivity index (χ4v) is 3.71. The fourth-order valence-electron chi connectivity index (χ4n) is 3.71. The monoisotopic (exact) mass is 382 g/mol. The lowest BCUT2D eigenvalue weighted by Crippen LogP contribution is -2.46. The third kappa shape index (κ3) is 3.29. The van der Waals surface area contributed by atoms with E-state index in [-0.39, 0.29) is 36.6 Å². The molecule has 1 aliphatic carbocycles. The van der Waals surface area contributed by atoms with Crippen molar-refractivity contribution >= 4 is 16.7 Å². The molecule has 0 spiro atoms. The predicted molar refractivity (Wildman–Crippen MR) is 102 cm³/mol. The van der Waals surface area contributed by atoms with Crippen LogP contribution in [0.2, 0.25) is 0 Å². The fraction of sp³-hybridized carbons (Fsp3) is 0.421. The van der Waals surface area contributed by atoms with Crippen LogP contribution in [0.4, 0.5) is 0 Å². The van der Waals surface area contributed by atoms with Crippen molar-refractivity contribution in [3.63, 3.8) is 0 Å². The number of carbonyl (C=O) groups is 1. The molecular formula is C19H22N6O3. The van der Waals surface area contributed by atoms with Gasteiger partial charge in [-0.15, -0.1) is 10.2 Å². The summed E-state index contributed by atoms with van der Waals surface area (Å²) in [4.78, 5) is 24.8. The summed E-state index contributed by atoms with van der Waals surface area (Å²) in [6.45, 7) is 2.44. The van der Waals surface area contributed by atoms with Crippen molar-refractivity contribution in [2.45, 2.75) is 51.4 Å². The van der Waals surface area contributed by atoms with Crippen LogP contribution in [0.25, 0.3) is 10.8 Å². The smallest absolute Gasteiger partial charge is 0.275 e. The quantitative estimate of drug-likeness (QED) is 0.644. The van der Waals surface area contributed by atoms with E-state index < -0.39 is 0 Å². The first-order chi connectivity index (χ1) is 13.6. The maximum Gasteiger partial charge on any atom is 0.275 e. The highest BCUT2D eigenvalue weighted by Crippen LogP contribution is 2.36. The lowest BCUT2D eigenvalue weighted by atomic mass is 9.79. The molecule has 0 aliphatic heterocycles. The molecule has 9 nitrogen and oxygen atoms in total. The van der Waals surface area contributed by atoms with E-state index in [1.807, 2.05) is 23.6 Å². The molecule has 1 amide bonds. The van der Waals surface area contributed by atoms with Crippen molar-refractivity contribution in [1.29, 1.82) is 0 Å². The van der Waals surface area contributed by atoms with Crippen molar-refractivity contribution in [3.8, 4) is 0 Å². The molecule has 1 aliphatic rings. The molecule has 0 radical (unpaired) electrons. The first-order valence-corrected chi connectivity index (χ1v) is 9.37. The van der Waals surface area contributed by atoms with E-state index in [9.17, 15) is 14.7 Å². The van der Waals surface area contributed by atoms with Gasteiger partial charge in [0.2, 0.25) is 5.91 Å². The Morgan fingerprint density at radius 1 is 1.29 bits per heavy atom. The summed E-state index contributed by atoms with van der Waals surface area (Å²) in [5.74, 6) is 1.39. The van der Waals surface area contributed by atoms with Crippen LogP contribution >= 0.6 is 0 Å². The zero-order valence-electron chi connectivity index (χ0n) is 15.6. The van der Waals surface area contributed by atoms with E-state index in [2.05, 4.69) is 20.6 Å². The Hall–Kier alpha value is -3.07. The molecule has 2 heterocycles. The summed E-state index contributed by atoms with van der Waals surface area (Å²) in [6.07, 6.45) is 3.12. The van der Waals surface area contributed by atoms with Crippen LogP contribution in [-0.4, -0.2) is 41.6 Å². The van der Waals surface area contributed by atoms with E-state index in [4.69, 9.17) is 0 Å². The van der Waals surface area contributed by atoms with Gasteiger partial charge in [-0.2, -0.15) is 5.10 Å². The number of hydrogen-bond acceptors (Lipinski definition) is 6. The molecule has 2 aromatic heterocycles. The average molecular weight is 382 g/mol. The Morgan fingerprint density at radius 3 is 2.82 bits per heavy atom. The summed E-state index contributed by atoms with van der Waals surface area (Å²) in [5.41, 5.74) is -0.271. The molecule has 0 saturated heterocycles. The topological polar surface area (TPSA) is 115 Å². The van der Waals surface area contributed by atoms with Gasteiger partial charge in [-0.1, -0.05) is 18.2 Å². The minimum Gasteiger partial charge on any atom is -0.388 e. The van der Waals surface area contributed by atoms with E-state index in [0.717, 1.165) is 24.1 Å². The Morgan fingerprint density at radius 2 is 2.07 bits per heavy atom. The van der Waals surface area contributed by atoms with Crippen molar-refractivity contribution in [2.75, 3.05) is 0 Å². The molecule has 2 N–H and O–H groups in total. The second-order valence-corrected chi connectivity index (χ2v) is 7.00. The number of aliphatic hydroxyl groups excluding tert-OH is 1. The van der Waals surface area contributed by atoms with Gasteiger partial charge in [0.15, 0.2) is 5.82 Å². The molecule has 9 heteroatoms. The molecule has 0 bridgehead atoms. The van der Waals surface area contributed by atoms with Crippen LogP contribution in [0.3, 0.4) is 0 Å². The predicted octanol–water partition coefficient (Wildman–Crippen LogP) is 0.563. The van der Waals surface area contributed by atoms with Gasteiger partial charge in [0.1, 0.15) is 19.0 Å². The number of fused-ring (bicyclic) bond motifs is 1. The zero-order chi connectivity index (χ0) is 19.7. The number of amides is 1. The second-order valence-electron chi connectivity index (χ2n) is 7.00. The molecule has 28 heavy (non-hydrogen) atoms. The number of rotatable bonds is 6. The van der Waals surface area contributed by atoms with Crippen LogP contribution in [-0.2, 0) is 24.5 Å². The maximum atomic E-state index is 12.5. The van der Waals surface area contributed by atoms with E-state index >= 15 is 0 Å². The number of nitrogens with one attached hydrogen (secondary N) is 1. The van der Waals surface area contributed by atoms with Crippen molar-refractivity contribution < 1.29 is 9.90 Å². The first-order valence-electron chi connectivity index (χ1n) is 9.37. The van der Waals surface area contributed by atoms with Crippen molar-refractivity contribution in [1.82, 2.24) is 29.9 Å². The van der Waals surface area contributed by atoms with E-state index in [0.29, 0.717) is 17.8 Å². The number of aliphatic hydroxyl groups is 1. The van der Waals surface area contributed by atoms with Gasteiger partial charge < -0.3 is 15.0 Å². The highest BCUT2D eigenvalue weighted by Gasteiger charge is 2.35. The van der Waals surface area contributed by atoms with E-state index in [1.54, 1.807) is 18.3 Å². The SMILES string of the molecule is CCn1c(CO)nnc1C1CC(NC(=O)Cn2ncc3ccccc3c2=O)C1. The third-order valence-corrected chi connectivity index (χ3v) is 5.24. The second kappa shape index (κ2) is 7.51. The number of carbonyl (C=O) groups excluding carboxylic acids is 1. The van der Waals surface area contributed by atoms with Crippen molar-refractivity contribution in [3.05, 3.63) is 52.5 Å². The lowest BCUT2D eigenvalue weighted by molar-refractivity contribution is -0.123. The van der Waals surface area contributed by atoms with Gasteiger partial charge in [0.25, 0.3) is 5.56 Å². The molecule has 1 aromatic carbocycles. The number of aromatic nitrogens is 5. The first kappa shape index (κ1) is 18.3. The van der Waals surface area contributed by atoms with Gasteiger partial charge >= 0.3 is 0 Å². The van der Waals surface area contributed by atoms with Crippen LogP contribution in [0.15, 0.2) is 35.3 Å². The van der Waals surface area contributed by atoms with Crippen LogP contribution in [0.1, 0.15) is 37.3 Å². The third-order valence-electron chi connectivity index (χ3n) is 5.24. The summed E-state index contributed by atoms with van der Waals surface area (Å²) >= 11 is 0. The van der Waals surface area contributed by atoms with Gasteiger partial charge in [-0.05, 0) is 25.8 Å². The van der Waals surface area contributed by atoms with Gasteiger partial charge in [-0.3, -0.25) is 9.59 Å². The van der Waals surface area contributed by atoms with Crippen LogP contribution < -0.4 is 10.9 Å². The minimum atomic E-state index is -0.271. The zero-order valence-corrected chi connectivity index (χ0v) is 15.6. The largest absolute Gasteiger partial charge is 0.388 e. The summed E-state index contributed by atoms with van der Waals surface area (Å²) in [5, 5.41) is 25.9. The molecule has 1 saturated carbocycles. The van der Waals surface area contributed by atoms with Gasteiger partial charge in [-0.25, -0.2) is 4.68 Å².